The first-order chi connectivity index (χ1) is 5.25. The molecule has 0 fully saturated rings. The van der Waals surface area contributed by atoms with Crippen LogP contribution in [0.2, 0.25) is 0 Å². The van der Waals surface area contributed by atoms with Gasteiger partial charge in [0.2, 0.25) is 0 Å². The first-order valence-corrected chi connectivity index (χ1v) is 3.31. The summed E-state index contributed by atoms with van der Waals surface area (Å²) in [6.45, 7) is 5.59. The van der Waals surface area contributed by atoms with E-state index >= 15 is 0 Å². The number of pyridine rings is 1. The van der Waals surface area contributed by atoms with Crippen molar-refractivity contribution in [2.45, 2.75) is 6.92 Å². The third kappa shape index (κ3) is 1.52. The lowest BCUT2D eigenvalue weighted by Gasteiger charge is -2.00. The molecule has 11 heavy (non-hydrogen) atoms. The molecule has 0 bridgehead atoms. The number of carbonyl (C=O) groups is 1. The van der Waals surface area contributed by atoms with Crippen LogP contribution in [-0.4, -0.2) is 11.3 Å². The van der Waals surface area contributed by atoms with Gasteiger partial charge in [0.15, 0.2) is 6.29 Å². The van der Waals surface area contributed by atoms with Crippen LogP contribution in [0.4, 0.5) is 0 Å². The molecular formula is C9H9NO. The van der Waals surface area contributed by atoms with Crippen molar-refractivity contribution in [2.24, 2.45) is 0 Å². The van der Waals surface area contributed by atoms with E-state index in [1.54, 1.807) is 18.5 Å². The zero-order valence-electron chi connectivity index (χ0n) is 6.37. The fourth-order valence-electron chi connectivity index (χ4n) is 0.865. The molecule has 0 unspecified atom stereocenters. The van der Waals surface area contributed by atoms with Gasteiger partial charge in [-0.1, -0.05) is 6.58 Å². The van der Waals surface area contributed by atoms with Crippen molar-refractivity contribution in [1.82, 2.24) is 4.98 Å². The van der Waals surface area contributed by atoms with Crippen LogP contribution in [0.25, 0.3) is 5.57 Å². The van der Waals surface area contributed by atoms with E-state index in [1.807, 2.05) is 6.92 Å². The molecule has 56 valence electrons. The lowest BCUT2D eigenvalue weighted by atomic mass is 10.1. The minimum atomic E-state index is 0.646. The molecule has 1 aromatic heterocycles. The highest BCUT2D eigenvalue weighted by Gasteiger charge is 1.99. The molecule has 2 nitrogen and oxygen atoms in total. The Morgan fingerprint density at radius 1 is 1.73 bits per heavy atom. The van der Waals surface area contributed by atoms with Gasteiger partial charge in [0.05, 0.1) is 0 Å². The molecule has 0 radical (unpaired) electrons. The summed E-state index contributed by atoms with van der Waals surface area (Å²) in [5, 5.41) is 0. The third-order valence-electron chi connectivity index (χ3n) is 1.44. The van der Waals surface area contributed by atoms with Gasteiger partial charge in [0, 0.05) is 23.5 Å². The fraction of sp³-hybridized carbons (Fsp3) is 0.111. The van der Waals surface area contributed by atoms with Gasteiger partial charge < -0.3 is 0 Å². The second kappa shape index (κ2) is 3.10. The van der Waals surface area contributed by atoms with Crippen molar-refractivity contribution in [3.63, 3.8) is 0 Å². The number of hydrogen-bond donors (Lipinski definition) is 0. The molecule has 0 spiro atoms. The molecule has 0 aliphatic heterocycles. The largest absolute Gasteiger partial charge is 0.298 e. The van der Waals surface area contributed by atoms with Crippen molar-refractivity contribution >= 4 is 11.9 Å². The van der Waals surface area contributed by atoms with Gasteiger partial charge in [0.1, 0.15) is 0 Å². The van der Waals surface area contributed by atoms with E-state index in [0.717, 1.165) is 17.4 Å². The number of nitrogens with zero attached hydrogens (tertiary/aromatic N) is 1. The van der Waals surface area contributed by atoms with Crippen LogP contribution >= 0.6 is 0 Å². The molecule has 0 aromatic carbocycles. The van der Waals surface area contributed by atoms with E-state index in [9.17, 15) is 4.79 Å². The number of allylic oxidation sites excluding steroid dienone is 1. The topological polar surface area (TPSA) is 30.0 Å². The SMILES string of the molecule is C=C(C)c1cnccc1C=O. The second-order valence-corrected chi connectivity index (χ2v) is 2.36. The maximum atomic E-state index is 10.5. The van der Waals surface area contributed by atoms with E-state index in [2.05, 4.69) is 11.6 Å². The average Bonchev–Trinajstić information content (AvgIpc) is 2.04. The summed E-state index contributed by atoms with van der Waals surface area (Å²) >= 11 is 0. The number of hydrogen-bond acceptors (Lipinski definition) is 2. The van der Waals surface area contributed by atoms with Gasteiger partial charge in [-0.05, 0) is 18.6 Å². The summed E-state index contributed by atoms with van der Waals surface area (Å²) in [7, 11) is 0. The fourth-order valence-corrected chi connectivity index (χ4v) is 0.865. The summed E-state index contributed by atoms with van der Waals surface area (Å²) in [6.07, 6.45) is 4.05. The lowest BCUT2D eigenvalue weighted by molar-refractivity contribution is 0.112. The monoisotopic (exact) mass is 147 g/mol. The van der Waals surface area contributed by atoms with Gasteiger partial charge in [0.25, 0.3) is 0 Å². The summed E-state index contributed by atoms with van der Waals surface area (Å²) in [5.74, 6) is 0. The van der Waals surface area contributed by atoms with Gasteiger partial charge in [-0.3, -0.25) is 9.78 Å². The molecule has 1 aromatic rings. The molecule has 0 aliphatic carbocycles. The van der Waals surface area contributed by atoms with Crippen LogP contribution in [0.15, 0.2) is 25.0 Å². The molecule has 1 heterocycles. The molecular weight excluding hydrogens is 138 g/mol. The smallest absolute Gasteiger partial charge is 0.150 e. The zero-order chi connectivity index (χ0) is 8.27. The minimum absolute atomic E-state index is 0.646. The van der Waals surface area contributed by atoms with E-state index in [4.69, 9.17) is 0 Å². The quantitative estimate of drug-likeness (QED) is 0.598. The maximum Gasteiger partial charge on any atom is 0.150 e. The maximum absolute atomic E-state index is 10.5. The Morgan fingerprint density at radius 2 is 2.45 bits per heavy atom. The second-order valence-electron chi connectivity index (χ2n) is 2.36. The predicted molar refractivity (Wildman–Crippen MR) is 44.3 cm³/mol. The van der Waals surface area contributed by atoms with Crippen LogP contribution in [0, 0.1) is 0 Å². The summed E-state index contributed by atoms with van der Waals surface area (Å²) in [6, 6.07) is 1.68. The van der Waals surface area contributed by atoms with Crippen LogP contribution in [0.5, 0.6) is 0 Å². The van der Waals surface area contributed by atoms with Crippen LogP contribution in [0.1, 0.15) is 22.8 Å². The molecule has 1 rings (SSSR count). The third-order valence-corrected chi connectivity index (χ3v) is 1.44. The zero-order valence-corrected chi connectivity index (χ0v) is 6.37. The van der Waals surface area contributed by atoms with E-state index in [-0.39, 0.29) is 0 Å². The highest BCUT2D eigenvalue weighted by Crippen LogP contribution is 2.13. The number of carbonyl (C=O) groups excluding carboxylic acids is 1. The highest BCUT2D eigenvalue weighted by atomic mass is 16.1. The van der Waals surface area contributed by atoms with Gasteiger partial charge in [-0.2, -0.15) is 0 Å². The molecule has 0 N–H and O–H groups in total. The van der Waals surface area contributed by atoms with E-state index in [0.29, 0.717) is 5.56 Å². The van der Waals surface area contributed by atoms with Crippen molar-refractivity contribution in [1.29, 1.82) is 0 Å². The van der Waals surface area contributed by atoms with Crippen LogP contribution < -0.4 is 0 Å². The van der Waals surface area contributed by atoms with Gasteiger partial charge in [-0.15, -0.1) is 0 Å². The first-order valence-electron chi connectivity index (χ1n) is 3.31. The normalized spacial score (nSPS) is 9.18. The molecule has 0 atom stereocenters. The standard InChI is InChI=1S/C9H9NO/c1-7(2)9-5-10-4-3-8(9)6-11/h3-6H,1H2,2H3. The lowest BCUT2D eigenvalue weighted by Crippen LogP contribution is -1.89. The molecule has 2 heteroatoms. The van der Waals surface area contributed by atoms with Crippen molar-refractivity contribution in [2.75, 3.05) is 0 Å². The molecule has 0 aliphatic rings. The first kappa shape index (κ1) is 7.66. The van der Waals surface area contributed by atoms with E-state index in [1.165, 1.54) is 0 Å². The Kier molecular flexibility index (Phi) is 2.16. The highest BCUT2D eigenvalue weighted by molar-refractivity contribution is 5.83. The van der Waals surface area contributed by atoms with Crippen LogP contribution in [0.3, 0.4) is 0 Å². The van der Waals surface area contributed by atoms with Crippen molar-refractivity contribution in [3.05, 3.63) is 36.2 Å². The Morgan fingerprint density at radius 3 is 2.91 bits per heavy atom. The number of aldehydes is 1. The Hall–Kier alpha value is -1.44. The Labute approximate surface area is 65.6 Å². The van der Waals surface area contributed by atoms with Crippen molar-refractivity contribution in [3.8, 4) is 0 Å². The van der Waals surface area contributed by atoms with Crippen molar-refractivity contribution < 1.29 is 4.79 Å². The average molecular weight is 147 g/mol. The minimum Gasteiger partial charge on any atom is -0.298 e. The molecule has 0 saturated heterocycles. The summed E-state index contributed by atoms with van der Waals surface area (Å²) < 4.78 is 0. The summed E-state index contributed by atoms with van der Waals surface area (Å²) in [5.41, 5.74) is 2.33. The summed E-state index contributed by atoms with van der Waals surface area (Å²) in [4.78, 5) is 14.4. The van der Waals surface area contributed by atoms with Gasteiger partial charge in [-0.25, -0.2) is 0 Å². The molecule has 0 amide bonds. The Balaban J connectivity index is 3.22. The number of rotatable bonds is 2. The predicted octanol–water partition coefficient (Wildman–Crippen LogP) is 1.93. The Bertz CT molecular complexity index is 291. The van der Waals surface area contributed by atoms with E-state index < -0.39 is 0 Å². The van der Waals surface area contributed by atoms with Crippen LogP contribution in [-0.2, 0) is 0 Å². The van der Waals surface area contributed by atoms with Gasteiger partial charge >= 0.3 is 0 Å². The molecule has 0 saturated carbocycles. The number of aromatic nitrogens is 1.